The van der Waals surface area contributed by atoms with E-state index in [1.54, 1.807) is 14.0 Å². The molecule has 0 fully saturated rings. The van der Waals surface area contributed by atoms with Crippen molar-refractivity contribution in [2.45, 2.75) is 19.4 Å². The summed E-state index contributed by atoms with van der Waals surface area (Å²) < 4.78 is 5.10. The largest absolute Gasteiger partial charge is 0.497 e. The van der Waals surface area contributed by atoms with Crippen LogP contribution in [0.2, 0.25) is 0 Å². The second kappa shape index (κ2) is 7.13. The van der Waals surface area contributed by atoms with E-state index in [-0.39, 0.29) is 18.4 Å². The van der Waals surface area contributed by atoms with Gasteiger partial charge in [-0.15, -0.1) is 0 Å². The van der Waals surface area contributed by atoms with Gasteiger partial charge in [0.1, 0.15) is 11.5 Å². The highest BCUT2D eigenvalue weighted by atomic mass is 16.5. The second-order valence-electron chi connectivity index (χ2n) is 4.40. The number of hydrogen-bond donors (Lipinski definition) is 1. The topological polar surface area (TPSA) is 49.8 Å². The molecule has 0 saturated heterocycles. The van der Waals surface area contributed by atoms with Gasteiger partial charge in [0.05, 0.1) is 19.8 Å². The number of methoxy groups -OCH3 is 1. The van der Waals surface area contributed by atoms with Crippen LogP contribution < -0.4 is 4.74 Å². The summed E-state index contributed by atoms with van der Waals surface area (Å²) in [5, 5.41) is 9.48. The summed E-state index contributed by atoms with van der Waals surface area (Å²) >= 11 is 0. The number of aliphatic hydroxyl groups is 1. The third kappa shape index (κ3) is 4.13. The summed E-state index contributed by atoms with van der Waals surface area (Å²) in [4.78, 5) is 13.0. The Morgan fingerprint density at radius 3 is 2.44 bits per heavy atom. The molecule has 0 aliphatic carbocycles. The Hall–Kier alpha value is -1.39. The third-order valence-corrected chi connectivity index (χ3v) is 3.02. The van der Waals surface area contributed by atoms with Gasteiger partial charge in [0.2, 0.25) is 0 Å². The average molecular weight is 251 g/mol. The molecule has 1 unspecified atom stereocenters. The van der Waals surface area contributed by atoms with E-state index in [9.17, 15) is 9.90 Å². The molecule has 1 N–H and O–H groups in total. The van der Waals surface area contributed by atoms with E-state index in [1.165, 1.54) is 0 Å². The molecule has 0 aliphatic rings. The molecule has 4 nitrogen and oxygen atoms in total. The normalized spacial score (nSPS) is 12.5. The van der Waals surface area contributed by atoms with Gasteiger partial charge in [-0.1, -0.05) is 12.1 Å². The fraction of sp³-hybridized carbons (Fsp3) is 0.500. The van der Waals surface area contributed by atoms with Crippen LogP contribution in [0, 0.1) is 0 Å². The van der Waals surface area contributed by atoms with Gasteiger partial charge in [0, 0.05) is 13.0 Å². The fourth-order valence-electron chi connectivity index (χ4n) is 1.81. The van der Waals surface area contributed by atoms with Crippen molar-refractivity contribution in [3.63, 3.8) is 0 Å². The summed E-state index contributed by atoms with van der Waals surface area (Å²) in [6.45, 7) is 2.25. The molecule has 1 rings (SSSR count). The number of ketones is 1. The highest BCUT2D eigenvalue weighted by molar-refractivity contribution is 5.75. The van der Waals surface area contributed by atoms with Gasteiger partial charge >= 0.3 is 0 Å². The molecule has 0 aliphatic heterocycles. The van der Waals surface area contributed by atoms with Crippen molar-refractivity contribution < 1.29 is 14.6 Å². The van der Waals surface area contributed by atoms with E-state index < -0.39 is 0 Å². The van der Waals surface area contributed by atoms with Crippen molar-refractivity contribution in [1.29, 1.82) is 0 Å². The smallest absolute Gasteiger partial charge is 0.131 e. The van der Waals surface area contributed by atoms with E-state index in [0.29, 0.717) is 13.0 Å². The molecule has 0 radical (unpaired) electrons. The van der Waals surface area contributed by atoms with Gasteiger partial charge in [-0.25, -0.2) is 0 Å². The molecular weight excluding hydrogens is 230 g/mol. The first-order valence-corrected chi connectivity index (χ1v) is 6.03. The molecule has 0 aromatic heterocycles. The summed E-state index contributed by atoms with van der Waals surface area (Å²) in [6, 6.07) is 7.52. The van der Waals surface area contributed by atoms with Crippen LogP contribution in [0.1, 0.15) is 24.9 Å². The number of likely N-dealkylation sites (N-methyl/N-ethyl adjacent to an activating group) is 1. The monoisotopic (exact) mass is 251 g/mol. The van der Waals surface area contributed by atoms with Crippen molar-refractivity contribution in [1.82, 2.24) is 4.90 Å². The van der Waals surface area contributed by atoms with Crippen molar-refractivity contribution >= 4 is 5.78 Å². The molecule has 4 heteroatoms. The van der Waals surface area contributed by atoms with Gasteiger partial charge in [0.25, 0.3) is 0 Å². The number of nitrogens with zero attached hydrogens (tertiary/aromatic N) is 1. The van der Waals surface area contributed by atoms with Gasteiger partial charge < -0.3 is 9.84 Å². The van der Waals surface area contributed by atoms with E-state index in [4.69, 9.17) is 4.74 Å². The Bertz CT molecular complexity index is 375. The van der Waals surface area contributed by atoms with Crippen molar-refractivity contribution in [2.75, 3.05) is 27.3 Å². The van der Waals surface area contributed by atoms with E-state index >= 15 is 0 Å². The number of rotatable bonds is 7. The van der Waals surface area contributed by atoms with Gasteiger partial charge in [0.15, 0.2) is 0 Å². The summed E-state index contributed by atoms with van der Waals surface area (Å²) in [6.07, 6.45) is 0.503. The zero-order chi connectivity index (χ0) is 13.5. The molecule has 1 aromatic rings. The maximum absolute atomic E-state index is 11.0. The van der Waals surface area contributed by atoms with Crippen molar-refractivity contribution in [2.24, 2.45) is 0 Å². The predicted molar refractivity (Wildman–Crippen MR) is 70.7 cm³/mol. The minimum absolute atomic E-state index is 0.0285. The standard InChI is InChI=1S/C14H21NO3/c1-11(17)8-9-15(2)14(10-16)12-4-6-13(18-3)7-5-12/h4-7,14,16H,8-10H2,1-3H3. The summed E-state index contributed by atoms with van der Waals surface area (Å²) in [5.74, 6) is 0.954. The summed E-state index contributed by atoms with van der Waals surface area (Å²) in [7, 11) is 3.53. The molecule has 100 valence electrons. The minimum atomic E-state index is -0.0877. The number of carbonyl (C=O) groups is 1. The molecule has 0 saturated carbocycles. The van der Waals surface area contributed by atoms with Crippen LogP contribution in [0.5, 0.6) is 5.75 Å². The lowest BCUT2D eigenvalue weighted by molar-refractivity contribution is -0.117. The van der Waals surface area contributed by atoms with Crippen LogP contribution in [0.15, 0.2) is 24.3 Å². The number of ether oxygens (including phenoxy) is 1. The maximum atomic E-state index is 11.0. The van der Waals surface area contributed by atoms with Crippen LogP contribution in [0.4, 0.5) is 0 Å². The average Bonchev–Trinajstić information content (AvgIpc) is 2.38. The highest BCUT2D eigenvalue weighted by Gasteiger charge is 2.16. The molecule has 0 amide bonds. The van der Waals surface area contributed by atoms with E-state index in [1.807, 2.05) is 36.2 Å². The number of Topliss-reactive ketones (excluding diaryl/α,β-unsaturated/α-hetero) is 1. The number of aliphatic hydroxyl groups excluding tert-OH is 1. The second-order valence-corrected chi connectivity index (χ2v) is 4.40. The quantitative estimate of drug-likeness (QED) is 0.800. The molecular formula is C14H21NO3. The number of hydrogen-bond acceptors (Lipinski definition) is 4. The van der Waals surface area contributed by atoms with Gasteiger partial charge in [-0.05, 0) is 31.7 Å². The first-order chi connectivity index (χ1) is 8.58. The third-order valence-electron chi connectivity index (χ3n) is 3.02. The summed E-state index contributed by atoms with van der Waals surface area (Å²) in [5.41, 5.74) is 1.02. The number of benzene rings is 1. The van der Waals surface area contributed by atoms with Crippen molar-refractivity contribution in [3.8, 4) is 5.75 Å². The van der Waals surface area contributed by atoms with Gasteiger partial charge in [-0.2, -0.15) is 0 Å². The van der Waals surface area contributed by atoms with Crippen LogP contribution >= 0.6 is 0 Å². The van der Waals surface area contributed by atoms with Crippen LogP contribution in [-0.2, 0) is 4.79 Å². The lowest BCUT2D eigenvalue weighted by Crippen LogP contribution is -2.29. The Morgan fingerprint density at radius 1 is 1.39 bits per heavy atom. The number of carbonyl (C=O) groups excluding carboxylic acids is 1. The van der Waals surface area contributed by atoms with Crippen LogP contribution in [-0.4, -0.2) is 43.1 Å². The Labute approximate surface area is 108 Å². The SMILES string of the molecule is COc1ccc(C(CO)N(C)CCC(C)=O)cc1. The molecule has 0 spiro atoms. The lowest BCUT2D eigenvalue weighted by Gasteiger charge is -2.26. The Balaban J connectivity index is 2.71. The molecule has 18 heavy (non-hydrogen) atoms. The fourth-order valence-corrected chi connectivity index (χ4v) is 1.81. The first kappa shape index (κ1) is 14.7. The molecule has 0 heterocycles. The molecule has 1 aromatic carbocycles. The minimum Gasteiger partial charge on any atom is -0.497 e. The van der Waals surface area contributed by atoms with Gasteiger partial charge in [-0.3, -0.25) is 9.69 Å². The zero-order valence-electron chi connectivity index (χ0n) is 11.2. The maximum Gasteiger partial charge on any atom is 0.131 e. The van der Waals surface area contributed by atoms with Crippen LogP contribution in [0.3, 0.4) is 0 Å². The van der Waals surface area contributed by atoms with Crippen molar-refractivity contribution in [3.05, 3.63) is 29.8 Å². The predicted octanol–water partition coefficient (Wildman–Crippen LogP) is 1.64. The molecule has 1 atom stereocenters. The zero-order valence-corrected chi connectivity index (χ0v) is 11.2. The van der Waals surface area contributed by atoms with E-state index in [2.05, 4.69) is 0 Å². The molecule has 0 bridgehead atoms. The van der Waals surface area contributed by atoms with E-state index in [0.717, 1.165) is 11.3 Å². The first-order valence-electron chi connectivity index (χ1n) is 6.03. The Kier molecular flexibility index (Phi) is 5.82. The lowest BCUT2D eigenvalue weighted by atomic mass is 10.1. The highest BCUT2D eigenvalue weighted by Crippen LogP contribution is 2.21. The van der Waals surface area contributed by atoms with Crippen LogP contribution in [0.25, 0.3) is 0 Å². The Morgan fingerprint density at radius 2 is 2.00 bits per heavy atom.